The van der Waals surface area contributed by atoms with Crippen molar-refractivity contribution in [2.24, 2.45) is 0 Å². The minimum atomic E-state index is -3.90. The van der Waals surface area contributed by atoms with E-state index >= 15 is 0 Å². The van der Waals surface area contributed by atoms with E-state index < -0.39 is 209 Å². The largest absolute Gasteiger partial charge is 0.551 e. The number of aromatic nitrogens is 1. The number of rotatable bonds is 6. The van der Waals surface area contributed by atoms with E-state index in [-0.39, 0.29) is 16.1 Å². The zero-order valence-electron chi connectivity index (χ0n) is 51.5. The fraction of sp³-hybridized carbons (Fsp3) is 0. The molecule has 9 aromatic carbocycles. The molecule has 276 valence electrons. The fourth-order valence-corrected chi connectivity index (χ4v) is 12.9. The lowest BCUT2D eigenvalue weighted by Gasteiger charge is -2.37. The summed E-state index contributed by atoms with van der Waals surface area (Å²) in [7, 11) is -3.90. The van der Waals surface area contributed by atoms with Crippen LogP contribution in [0.5, 0.6) is 17.2 Å². The predicted octanol–water partition coefficient (Wildman–Crippen LogP) is 9.10. The number of hydrogen-bond donors (Lipinski definition) is 0. The van der Waals surface area contributed by atoms with Gasteiger partial charge in [0.15, 0.2) is 8.07 Å². The summed E-state index contributed by atoms with van der Waals surface area (Å²) >= 11 is 0. The predicted molar refractivity (Wildman–Crippen MR) is 247 cm³/mol. The Kier molecular flexibility index (Phi) is 4.29. The maximum Gasteiger partial charge on any atom is 0.434 e. The molecular weight excluding hydrogens is 733 g/mol. The topological polar surface area (TPSA) is 23.4 Å². The van der Waals surface area contributed by atoms with Crippen molar-refractivity contribution in [3.05, 3.63) is 218 Å². The number of hydrogen-bond acceptors (Lipinski definition) is 2. The molecule has 0 saturated heterocycles. The average molecular weight is 791 g/mol. The Hall–Kier alpha value is -7.34. The van der Waals surface area contributed by atoms with Crippen molar-refractivity contribution in [1.29, 1.82) is 0 Å². The monoisotopic (exact) mass is 790 g/mol. The Morgan fingerprint density at radius 1 is 0.458 bits per heavy atom. The molecule has 3 nitrogen and oxygen atoms in total. The number of para-hydroxylation sites is 4. The lowest BCUT2D eigenvalue weighted by Crippen LogP contribution is -2.75. The lowest BCUT2D eigenvalue weighted by molar-refractivity contribution is 0.480. The molecule has 0 radical (unpaired) electrons. The van der Waals surface area contributed by atoms with Crippen molar-refractivity contribution >= 4 is 68.5 Å². The van der Waals surface area contributed by atoms with E-state index in [0.717, 1.165) is 4.57 Å². The van der Waals surface area contributed by atoms with Gasteiger partial charge in [-0.25, -0.2) is 0 Å². The van der Waals surface area contributed by atoms with Crippen LogP contribution in [-0.2, 0) is 0 Å². The first-order valence-corrected chi connectivity index (χ1v) is 20.6. The molecule has 0 aliphatic carbocycles. The highest BCUT2D eigenvalue weighted by atomic mass is 28.3. The van der Waals surface area contributed by atoms with Crippen LogP contribution >= 0.6 is 0 Å². The van der Waals surface area contributed by atoms with E-state index in [1.807, 2.05) is 91.0 Å². The Bertz CT molecular complexity index is 4280. The molecule has 12 rings (SSSR count). The van der Waals surface area contributed by atoms with Crippen LogP contribution in [-0.4, -0.2) is 19.6 Å². The van der Waals surface area contributed by atoms with Crippen molar-refractivity contribution in [2.75, 3.05) is 0 Å². The summed E-state index contributed by atoms with van der Waals surface area (Å²) in [5, 5.41) is 1.32. The standard InChI is InChI=1S/C54H36BNO2Si/c1-4-18-38(19-5-1)59(39-20-6-2-7-21-39,40-22-8-3-9-23-40)41-32-33-47-52(36-41)57-53-35-37(34-46-45-27-13-17-31-51(45)58-55(47)54(46)53)42-24-10-14-28-48(42)56-49-29-15-11-25-43(49)44-26-12-16-30-50(44)56/h1-36H/i10D,11D,12D,13D,14D,15D,16D,17D,24D,25D,26D,27D,28D,29D,30D,31D,32D,33D,34D,35D,36D. The zero-order chi connectivity index (χ0) is 57.2. The van der Waals surface area contributed by atoms with Crippen molar-refractivity contribution in [2.45, 2.75) is 0 Å². The van der Waals surface area contributed by atoms with Gasteiger partial charge >= 0.3 is 6.92 Å². The second-order valence-corrected chi connectivity index (χ2v) is 17.6. The first-order valence-electron chi connectivity index (χ1n) is 29.1. The smallest absolute Gasteiger partial charge is 0.434 e. The van der Waals surface area contributed by atoms with Gasteiger partial charge in [0, 0.05) is 32.8 Å². The minimum absolute atomic E-state index is 0.0791. The van der Waals surface area contributed by atoms with Gasteiger partial charge < -0.3 is 14.0 Å². The van der Waals surface area contributed by atoms with Gasteiger partial charge in [-0.15, -0.1) is 0 Å². The molecule has 0 amide bonds. The van der Waals surface area contributed by atoms with Gasteiger partial charge in [-0.2, -0.15) is 0 Å². The van der Waals surface area contributed by atoms with E-state index in [0.29, 0.717) is 15.6 Å². The summed E-state index contributed by atoms with van der Waals surface area (Å²) in [6.07, 6.45) is 0. The van der Waals surface area contributed by atoms with Crippen LogP contribution < -0.4 is 41.1 Å². The van der Waals surface area contributed by atoms with E-state index in [1.165, 1.54) is 0 Å². The summed E-state index contributed by atoms with van der Waals surface area (Å²) in [6, 6.07) is 11.4. The van der Waals surface area contributed by atoms with Crippen LogP contribution in [0.25, 0.3) is 49.7 Å². The van der Waals surface area contributed by atoms with Crippen LogP contribution in [0, 0.1) is 0 Å². The van der Waals surface area contributed by atoms with E-state index in [1.54, 1.807) is 0 Å². The van der Waals surface area contributed by atoms with Crippen molar-refractivity contribution in [3.8, 4) is 45.2 Å². The van der Waals surface area contributed by atoms with Gasteiger partial charge in [-0.1, -0.05) is 176 Å². The van der Waals surface area contributed by atoms with Crippen molar-refractivity contribution in [3.63, 3.8) is 0 Å². The Balaban J connectivity index is 1.27. The molecule has 0 saturated carbocycles. The Morgan fingerprint density at radius 2 is 1.02 bits per heavy atom. The first kappa shape index (κ1) is 18.9. The molecular formula is C54H36BNO2Si. The van der Waals surface area contributed by atoms with E-state index in [9.17, 15) is 15.1 Å². The third-order valence-corrected chi connectivity index (χ3v) is 15.4. The summed E-state index contributed by atoms with van der Waals surface area (Å²) in [5.74, 6) is -1.50. The molecule has 0 fully saturated rings. The maximum absolute atomic E-state index is 10.4. The minimum Gasteiger partial charge on any atom is -0.551 e. The fourth-order valence-electron chi connectivity index (χ4n) is 8.37. The third-order valence-electron chi connectivity index (χ3n) is 10.8. The lowest BCUT2D eigenvalue weighted by atomic mass is 9.50. The molecule has 3 heterocycles. The van der Waals surface area contributed by atoms with Gasteiger partial charge in [-0.3, -0.25) is 0 Å². The van der Waals surface area contributed by atoms with Crippen LogP contribution in [0.15, 0.2) is 218 Å². The van der Waals surface area contributed by atoms with Gasteiger partial charge in [0.25, 0.3) is 0 Å². The molecule has 2 aliphatic rings. The Morgan fingerprint density at radius 3 is 1.66 bits per heavy atom. The average Bonchev–Trinajstić information content (AvgIpc) is 3.99. The molecule has 0 spiro atoms. The van der Waals surface area contributed by atoms with Gasteiger partial charge in [0.05, 0.1) is 45.5 Å². The summed E-state index contributed by atoms with van der Waals surface area (Å²) in [6.45, 7) is -1.73. The summed E-state index contributed by atoms with van der Waals surface area (Å²) < 4.78 is 210. The van der Waals surface area contributed by atoms with Gasteiger partial charge in [0.2, 0.25) is 0 Å². The first-order chi connectivity index (χ1) is 38.0. The molecule has 5 heteroatoms. The SMILES string of the molecule is [2H]c1c([2H])c([2H])c2c(c1[2H])OB1c3c([2H])c([2H])c([Si](c4ccccc4)(c4ccccc4)c4ccccc4)c([2H])c3Oc3c([2H])c(-c4c([2H])c([2H])c([2H])c([2H])c4-n4c5c([2H])c([2H])c([2H])c([2H])c5c5c([2H])c([2H])c([2H])c([2H])c54)c([2H])c-2c31. The highest BCUT2D eigenvalue weighted by Crippen LogP contribution is 2.43. The van der Waals surface area contributed by atoms with Crippen LogP contribution in [0.2, 0.25) is 0 Å². The molecule has 59 heavy (non-hydrogen) atoms. The summed E-state index contributed by atoms with van der Waals surface area (Å²) in [4.78, 5) is 0. The van der Waals surface area contributed by atoms with Crippen molar-refractivity contribution in [1.82, 2.24) is 4.57 Å². The molecule has 0 bridgehead atoms. The molecule has 2 aliphatic heterocycles. The zero-order valence-corrected chi connectivity index (χ0v) is 31.5. The number of nitrogens with zero attached hydrogens (tertiary/aromatic N) is 1. The van der Waals surface area contributed by atoms with Crippen LogP contribution in [0.3, 0.4) is 0 Å². The second-order valence-electron chi connectivity index (χ2n) is 13.9. The number of fused-ring (bicyclic) bond motifs is 7. The van der Waals surface area contributed by atoms with Crippen LogP contribution in [0.1, 0.15) is 28.8 Å². The molecule has 1 aromatic heterocycles. The summed E-state index contributed by atoms with van der Waals surface area (Å²) in [5.41, 5.74) is -4.67. The third kappa shape index (κ3) is 5.08. The quantitative estimate of drug-likeness (QED) is 0.124. The molecule has 0 N–H and O–H groups in total. The number of benzene rings is 9. The normalized spacial score (nSPS) is 17.6. The highest BCUT2D eigenvalue weighted by molar-refractivity contribution is 7.20. The Labute approximate surface area is 374 Å². The van der Waals surface area contributed by atoms with Crippen LogP contribution in [0.4, 0.5) is 0 Å². The van der Waals surface area contributed by atoms with Gasteiger partial charge in [-0.05, 0) is 74.2 Å². The molecule has 10 aromatic rings. The van der Waals surface area contributed by atoms with Gasteiger partial charge in [0.1, 0.15) is 17.2 Å². The number of ether oxygens (including phenoxy) is 1. The van der Waals surface area contributed by atoms with E-state index in [2.05, 4.69) is 0 Å². The van der Waals surface area contributed by atoms with Crippen molar-refractivity contribution < 1.29 is 38.2 Å². The second kappa shape index (κ2) is 13.4. The molecule has 0 unspecified atom stereocenters. The molecule has 0 atom stereocenters. The van der Waals surface area contributed by atoms with E-state index in [4.69, 9.17) is 23.1 Å². The maximum atomic E-state index is 10.4. The highest BCUT2D eigenvalue weighted by Gasteiger charge is 2.45.